The Morgan fingerprint density at radius 3 is 0.825 bits per heavy atom. The molecule has 0 spiro atoms. The normalized spacial score (nSPS) is 12.0. The number of nitrogens with zero attached hydrogens (tertiary/aromatic N) is 4. The highest BCUT2D eigenvalue weighted by atomic mass is 32.1. The molecule has 4 amide bonds. The standard InChI is InChI=1S/C49H80N4O8S2/c1-46(2,3)58-42(54)50(32-18-20-34-52(44(56)60-48(7,8)9)36-38-22-26-40(62)27-23-38)30-16-14-13-15-17-31-51(43(55)59-47(4,5)6)33-19-21-35-53(45(57)61-49(10,11)12)37-39-24-28-41(63)29-25-39/h22-29,62-63H,13-21,30-37H2,1-12H3. The van der Waals surface area contributed by atoms with Crippen LogP contribution < -0.4 is 0 Å². The summed E-state index contributed by atoms with van der Waals surface area (Å²) in [6.07, 6.45) is 5.74. The number of rotatable bonds is 22. The van der Waals surface area contributed by atoms with Gasteiger partial charge in [-0.05, 0) is 157 Å². The van der Waals surface area contributed by atoms with Crippen molar-refractivity contribution < 1.29 is 38.1 Å². The van der Waals surface area contributed by atoms with Crippen LogP contribution in [0.4, 0.5) is 19.2 Å². The van der Waals surface area contributed by atoms with E-state index in [9.17, 15) is 19.2 Å². The van der Waals surface area contributed by atoms with E-state index in [1.54, 1.807) is 19.6 Å². The van der Waals surface area contributed by atoms with Gasteiger partial charge in [0.15, 0.2) is 0 Å². The van der Waals surface area contributed by atoms with Gasteiger partial charge in [-0.3, -0.25) is 0 Å². The highest BCUT2D eigenvalue weighted by molar-refractivity contribution is 7.80. The Bertz CT molecular complexity index is 1560. The molecule has 0 N–H and O–H groups in total. The lowest BCUT2D eigenvalue weighted by Gasteiger charge is -2.29. The first-order valence-corrected chi connectivity index (χ1v) is 23.6. The summed E-state index contributed by atoms with van der Waals surface area (Å²) in [6, 6.07) is 15.5. The molecule has 0 aliphatic carbocycles. The molecule has 2 aromatic carbocycles. The fourth-order valence-electron chi connectivity index (χ4n) is 6.35. The number of carbonyl (C=O) groups is 4. The van der Waals surface area contributed by atoms with Crippen LogP contribution in [0.2, 0.25) is 0 Å². The third-order valence-electron chi connectivity index (χ3n) is 9.29. The predicted molar refractivity (Wildman–Crippen MR) is 258 cm³/mol. The van der Waals surface area contributed by atoms with Gasteiger partial charge in [-0.2, -0.15) is 0 Å². The molecule has 0 aliphatic rings. The van der Waals surface area contributed by atoms with Crippen molar-refractivity contribution in [2.24, 2.45) is 0 Å². The molecule has 63 heavy (non-hydrogen) atoms. The van der Waals surface area contributed by atoms with Crippen LogP contribution in [-0.2, 0) is 32.0 Å². The van der Waals surface area contributed by atoms with Crippen molar-refractivity contribution >= 4 is 49.6 Å². The number of hydrogen-bond acceptors (Lipinski definition) is 10. The quantitative estimate of drug-likeness (QED) is 0.0681. The van der Waals surface area contributed by atoms with E-state index < -0.39 is 22.4 Å². The van der Waals surface area contributed by atoms with Gasteiger partial charge in [0.2, 0.25) is 0 Å². The molecule has 0 saturated carbocycles. The van der Waals surface area contributed by atoms with Gasteiger partial charge in [-0.25, -0.2) is 19.2 Å². The van der Waals surface area contributed by atoms with Crippen LogP contribution >= 0.6 is 25.3 Å². The van der Waals surface area contributed by atoms with E-state index in [0.29, 0.717) is 78.0 Å². The van der Waals surface area contributed by atoms with Gasteiger partial charge in [0.05, 0.1) is 0 Å². The molecule has 0 fully saturated rings. The molecular weight excluding hydrogens is 837 g/mol. The minimum Gasteiger partial charge on any atom is -0.444 e. The van der Waals surface area contributed by atoms with Crippen LogP contribution in [0.5, 0.6) is 0 Å². The SMILES string of the molecule is CC(C)(C)OC(=O)N(CCCCCCCN(CCCCN(Cc1ccc(S)cc1)C(=O)OC(C)(C)C)C(=O)OC(C)(C)C)CCCCN(Cc1ccc(S)cc1)C(=O)OC(C)(C)C. The third kappa shape index (κ3) is 25.9. The summed E-state index contributed by atoms with van der Waals surface area (Å²) in [6.45, 7) is 26.3. The summed E-state index contributed by atoms with van der Waals surface area (Å²) in [5.41, 5.74) is -0.518. The highest BCUT2D eigenvalue weighted by Gasteiger charge is 2.26. The summed E-state index contributed by atoms with van der Waals surface area (Å²) < 4.78 is 23.0. The molecule has 0 atom stereocenters. The average Bonchev–Trinajstić information content (AvgIpc) is 3.13. The fraction of sp³-hybridized carbons (Fsp3) is 0.673. The maximum Gasteiger partial charge on any atom is 0.410 e. The van der Waals surface area contributed by atoms with E-state index in [4.69, 9.17) is 18.9 Å². The zero-order chi connectivity index (χ0) is 47.4. The van der Waals surface area contributed by atoms with Gasteiger partial charge in [0.1, 0.15) is 22.4 Å². The van der Waals surface area contributed by atoms with Crippen molar-refractivity contribution in [2.75, 3.05) is 39.3 Å². The van der Waals surface area contributed by atoms with E-state index in [2.05, 4.69) is 25.3 Å². The maximum atomic E-state index is 13.3. The Kier molecular flexibility index (Phi) is 23.1. The molecular formula is C49H80N4O8S2. The van der Waals surface area contributed by atoms with Crippen molar-refractivity contribution in [1.82, 2.24) is 19.6 Å². The molecule has 356 valence electrons. The summed E-state index contributed by atoms with van der Waals surface area (Å²) in [7, 11) is 0. The number of carbonyl (C=O) groups excluding carboxylic acids is 4. The molecule has 14 heteroatoms. The Labute approximate surface area is 390 Å². The average molecular weight is 917 g/mol. The van der Waals surface area contributed by atoms with Crippen molar-refractivity contribution in [1.29, 1.82) is 0 Å². The summed E-state index contributed by atoms with van der Waals surface area (Å²) >= 11 is 8.77. The lowest BCUT2D eigenvalue weighted by molar-refractivity contribution is 0.0197. The Balaban J connectivity index is 1.93. The Morgan fingerprint density at radius 2 is 0.571 bits per heavy atom. The molecule has 0 bridgehead atoms. The topological polar surface area (TPSA) is 118 Å². The van der Waals surface area contributed by atoms with Crippen LogP contribution in [0.15, 0.2) is 58.3 Å². The summed E-state index contributed by atoms with van der Waals surface area (Å²) in [5, 5.41) is 0. The van der Waals surface area contributed by atoms with E-state index in [1.165, 1.54) is 0 Å². The van der Waals surface area contributed by atoms with E-state index in [0.717, 1.165) is 53.0 Å². The minimum absolute atomic E-state index is 0.340. The molecule has 0 aromatic heterocycles. The molecule has 0 heterocycles. The predicted octanol–water partition coefficient (Wildman–Crippen LogP) is 12.4. The highest BCUT2D eigenvalue weighted by Crippen LogP contribution is 2.19. The van der Waals surface area contributed by atoms with Crippen LogP contribution in [0.25, 0.3) is 0 Å². The number of thiol groups is 2. The second-order valence-corrected chi connectivity index (χ2v) is 21.3. The van der Waals surface area contributed by atoms with Crippen molar-refractivity contribution in [3.63, 3.8) is 0 Å². The van der Waals surface area contributed by atoms with E-state index in [1.807, 2.05) is 132 Å². The Hall–Kier alpha value is -3.78. The fourth-order valence-corrected chi connectivity index (χ4v) is 6.65. The monoisotopic (exact) mass is 917 g/mol. The van der Waals surface area contributed by atoms with Crippen LogP contribution in [-0.4, -0.2) is 106 Å². The first-order valence-electron chi connectivity index (χ1n) is 22.7. The lowest BCUT2D eigenvalue weighted by Crippen LogP contribution is -2.39. The summed E-state index contributed by atoms with van der Waals surface area (Å²) in [4.78, 5) is 61.6. The first-order chi connectivity index (χ1) is 29.2. The van der Waals surface area contributed by atoms with Crippen LogP contribution in [0.1, 0.15) is 152 Å². The zero-order valence-electron chi connectivity index (χ0n) is 40.6. The Morgan fingerprint density at radius 1 is 0.365 bits per heavy atom. The molecule has 0 aliphatic heterocycles. The number of amides is 4. The second kappa shape index (κ2) is 26.2. The second-order valence-electron chi connectivity index (χ2n) is 20.3. The summed E-state index contributed by atoms with van der Waals surface area (Å²) in [5.74, 6) is 0. The van der Waals surface area contributed by atoms with Gasteiger partial charge >= 0.3 is 24.4 Å². The van der Waals surface area contributed by atoms with Gasteiger partial charge in [0.25, 0.3) is 0 Å². The first kappa shape index (κ1) is 55.4. The van der Waals surface area contributed by atoms with Gasteiger partial charge < -0.3 is 38.5 Å². The maximum absolute atomic E-state index is 13.3. The van der Waals surface area contributed by atoms with E-state index in [-0.39, 0.29) is 24.4 Å². The molecule has 0 unspecified atom stereocenters. The minimum atomic E-state index is -0.623. The number of benzene rings is 2. The van der Waals surface area contributed by atoms with Gasteiger partial charge in [-0.1, -0.05) is 43.5 Å². The molecule has 0 radical (unpaired) electrons. The van der Waals surface area contributed by atoms with Crippen LogP contribution in [0, 0.1) is 0 Å². The molecule has 2 rings (SSSR count). The number of ether oxygens (including phenoxy) is 4. The number of unbranched alkanes of at least 4 members (excludes halogenated alkanes) is 6. The van der Waals surface area contributed by atoms with Crippen molar-refractivity contribution in [3.05, 3.63) is 59.7 Å². The molecule has 12 nitrogen and oxygen atoms in total. The van der Waals surface area contributed by atoms with Crippen molar-refractivity contribution in [3.8, 4) is 0 Å². The van der Waals surface area contributed by atoms with Gasteiger partial charge in [0, 0.05) is 62.1 Å². The zero-order valence-corrected chi connectivity index (χ0v) is 42.4. The lowest BCUT2D eigenvalue weighted by atomic mass is 10.1. The third-order valence-corrected chi connectivity index (χ3v) is 9.89. The van der Waals surface area contributed by atoms with Crippen molar-refractivity contribution in [2.45, 2.75) is 186 Å². The number of hydrogen-bond donors (Lipinski definition) is 2. The molecule has 0 saturated heterocycles. The van der Waals surface area contributed by atoms with Crippen LogP contribution in [0.3, 0.4) is 0 Å². The van der Waals surface area contributed by atoms with Gasteiger partial charge in [-0.15, -0.1) is 25.3 Å². The molecule has 2 aromatic rings. The smallest absolute Gasteiger partial charge is 0.410 e. The largest absolute Gasteiger partial charge is 0.444 e. The van der Waals surface area contributed by atoms with E-state index >= 15 is 0 Å².